The fourth-order valence-corrected chi connectivity index (χ4v) is 4.57. The highest BCUT2D eigenvalue weighted by Gasteiger charge is 2.37. The molecule has 1 saturated carbocycles. The van der Waals surface area contributed by atoms with Gasteiger partial charge in [0.25, 0.3) is 0 Å². The maximum Gasteiger partial charge on any atom is 0.211 e. The van der Waals surface area contributed by atoms with Crippen molar-refractivity contribution in [2.45, 2.75) is 70.9 Å². The van der Waals surface area contributed by atoms with Crippen LogP contribution in [0, 0.1) is 17.0 Å². The van der Waals surface area contributed by atoms with Gasteiger partial charge in [-0.3, -0.25) is 9.59 Å². The van der Waals surface area contributed by atoms with Crippen molar-refractivity contribution in [3.63, 3.8) is 0 Å². The second-order valence-electron chi connectivity index (χ2n) is 11.4. The highest BCUT2D eigenvalue weighted by Crippen LogP contribution is 2.40. The average Bonchev–Trinajstić information content (AvgIpc) is 3.24. The summed E-state index contributed by atoms with van der Waals surface area (Å²) < 4.78 is 27.2. The Morgan fingerprint density at radius 3 is 2.16 bits per heavy atom. The van der Waals surface area contributed by atoms with E-state index in [0.29, 0.717) is 60.4 Å². The lowest BCUT2D eigenvalue weighted by Gasteiger charge is -2.40. The number of nitrogens with one attached hydrogen (secondary N) is 3. The molecule has 0 bridgehead atoms. The van der Waals surface area contributed by atoms with Gasteiger partial charge >= 0.3 is 0 Å². The van der Waals surface area contributed by atoms with E-state index in [0.717, 1.165) is 17.7 Å². The zero-order valence-electron chi connectivity index (χ0n) is 22.1. The fraction of sp³-hybridized carbons (Fsp3) is 0.500. The Bertz CT molecular complexity index is 1050. The Morgan fingerprint density at radius 2 is 1.62 bits per heavy atom. The summed E-state index contributed by atoms with van der Waals surface area (Å²) in [7, 11) is 0. The van der Waals surface area contributed by atoms with Crippen LogP contribution in [-0.4, -0.2) is 42.7 Å². The second-order valence-corrected chi connectivity index (χ2v) is 11.9. The molecule has 2 atom stereocenters. The number of amides is 2. The van der Waals surface area contributed by atoms with Crippen LogP contribution in [0.4, 0.5) is 14.5 Å². The number of hydrogen-bond acceptors (Lipinski definition) is 4. The fourth-order valence-electron chi connectivity index (χ4n) is 4.37. The standard InChI is InChI=1S/C17H15ClF2N2O.C6H11NO2.C5H12/c18-11-3-1-2-10(4-11)13-7-21-8-14(13)12-5-15(19)16(20)6-17(12)22-9-23;1-6(9)2-5(3-6)7-4-8;1-5(2,3)4/h1-6,9,13-14,21H,7-8H2,(H,22,23);4-5,9H,2-3H2,1H3,(H,7,8);1-4H3. The van der Waals surface area contributed by atoms with Crippen LogP contribution in [0.2, 0.25) is 5.02 Å². The Kier molecular flexibility index (Phi) is 11.0. The van der Waals surface area contributed by atoms with E-state index in [4.69, 9.17) is 16.7 Å². The summed E-state index contributed by atoms with van der Waals surface area (Å²) in [4.78, 5) is 20.6. The van der Waals surface area contributed by atoms with Gasteiger partial charge in [-0.2, -0.15) is 0 Å². The Labute approximate surface area is 223 Å². The van der Waals surface area contributed by atoms with Crippen LogP contribution in [0.1, 0.15) is 70.4 Å². The molecule has 204 valence electrons. The van der Waals surface area contributed by atoms with E-state index in [9.17, 15) is 18.4 Å². The molecule has 2 aromatic carbocycles. The monoisotopic (exact) mass is 537 g/mol. The summed E-state index contributed by atoms with van der Waals surface area (Å²) in [6.07, 6.45) is 2.52. The molecule has 0 spiro atoms. The minimum atomic E-state index is -0.983. The molecule has 2 fully saturated rings. The third-order valence-electron chi connectivity index (χ3n) is 5.87. The topological polar surface area (TPSA) is 90.5 Å². The Hall–Kier alpha value is -2.55. The molecule has 2 aliphatic rings. The molecule has 1 aliphatic carbocycles. The molecule has 6 nitrogen and oxygen atoms in total. The molecule has 37 heavy (non-hydrogen) atoms. The maximum absolute atomic E-state index is 13.7. The van der Waals surface area contributed by atoms with E-state index >= 15 is 0 Å². The van der Waals surface area contributed by atoms with Crippen molar-refractivity contribution in [2.75, 3.05) is 18.4 Å². The van der Waals surface area contributed by atoms with E-state index in [1.165, 1.54) is 0 Å². The van der Waals surface area contributed by atoms with Crippen LogP contribution in [0.3, 0.4) is 0 Å². The largest absolute Gasteiger partial charge is 0.390 e. The highest BCUT2D eigenvalue weighted by atomic mass is 35.5. The molecule has 4 N–H and O–H groups in total. The molecule has 1 heterocycles. The molecule has 2 amide bonds. The molecule has 2 aromatic rings. The normalized spacial score (nSPS) is 24.4. The van der Waals surface area contributed by atoms with Crippen molar-refractivity contribution in [3.8, 4) is 0 Å². The summed E-state index contributed by atoms with van der Waals surface area (Å²) in [6, 6.07) is 9.88. The maximum atomic E-state index is 13.7. The third kappa shape index (κ3) is 10.0. The molecule has 9 heteroatoms. The van der Waals surface area contributed by atoms with Gasteiger partial charge in [-0.15, -0.1) is 0 Å². The van der Waals surface area contributed by atoms with Gasteiger partial charge in [-0.05, 0) is 54.5 Å². The molecule has 4 rings (SSSR count). The van der Waals surface area contributed by atoms with E-state index in [1.807, 2.05) is 18.2 Å². The summed E-state index contributed by atoms with van der Waals surface area (Å²) >= 11 is 6.06. The number of benzene rings is 2. The molecule has 0 radical (unpaired) electrons. The minimum Gasteiger partial charge on any atom is -0.390 e. The predicted octanol–water partition coefficient (Wildman–Crippen LogP) is 5.36. The number of carbonyl (C=O) groups is 2. The van der Waals surface area contributed by atoms with Gasteiger partial charge in [-0.25, -0.2) is 8.78 Å². The number of aliphatic hydroxyl groups is 1. The quantitative estimate of drug-likeness (QED) is 0.374. The van der Waals surface area contributed by atoms with E-state index in [1.54, 1.807) is 13.0 Å². The molecule has 1 aliphatic heterocycles. The van der Waals surface area contributed by atoms with Crippen molar-refractivity contribution in [3.05, 3.63) is 64.2 Å². The van der Waals surface area contributed by atoms with Gasteiger partial charge < -0.3 is 21.1 Å². The van der Waals surface area contributed by atoms with Crippen molar-refractivity contribution in [1.82, 2.24) is 10.6 Å². The predicted molar refractivity (Wildman–Crippen MR) is 144 cm³/mol. The van der Waals surface area contributed by atoms with Crippen molar-refractivity contribution in [2.24, 2.45) is 5.41 Å². The number of hydrogen-bond donors (Lipinski definition) is 4. The summed E-state index contributed by atoms with van der Waals surface area (Å²) in [5.41, 5.74) is 1.86. The summed E-state index contributed by atoms with van der Waals surface area (Å²) in [5, 5.41) is 18.1. The zero-order chi connectivity index (χ0) is 27.8. The van der Waals surface area contributed by atoms with Gasteiger partial charge in [0.15, 0.2) is 11.6 Å². The Morgan fingerprint density at radius 1 is 1.03 bits per heavy atom. The lowest BCUT2D eigenvalue weighted by Crippen LogP contribution is -2.51. The molecule has 1 saturated heterocycles. The van der Waals surface area contributed by atoms with Gasteiger partial charge in [0.1, 0.15) is 0 Å². The lowest BCUT2D eigenvalue weighted by molar-refractivity contribution is -0.113. The van der Waals surface area contributed by atoms with Crippen LogP contribution < -0.4 is 16.0 Å². The van der Waals surface area contributed by atoms with E-state index in [2.05, 4.69) is 43.6 Å². The summed E-state index contributed by atoms with van der Waals surface area (Å²) in [5.74, 6) is -1.94. The van der Waals surface area contributed by atoms with Crippen molar-refractivity contribution < 1.29 is 23.5 Å². The second kappa shape index (κ2) is 13.3. The minimum absolute atomic E-state index is 0.0609. The first-order chi connectivity index (χ1) is 17.2. The number of rotatable bonds is 6. The van der Waals surface area contributed by atoms with Gasteiger partial charge in [0.05, 0.1) is 5.60 Å². The summed E-state index contributed by atoms with van der Waals surface area (Å²) in [6.45, 7) is 11.8. The van der Waals surface area contributed by atoms with Gasteiger partial charge in [-0.1, -0.05) is 51.4 Å². The molecular formula is C28H38ClF2N3O3. The van der Waals surface area contributed by atoms with Crippen molar-refractivity contribution >= 4 is 30.1 Å². The first kappa shape index (κ1) is 30.7. The van der Waals surface area contributed by atoms with E-state index < -0.39 is 17.2 Å². The van der Waals surface area contributed by atoms with Gasteiger partial charge in [0.2, 0.25) is 12.8 Å². The SMILES string of the molecule is CC(C)(C)C.CC1(O)CC(NC=O)C1.O=CNc1cc(F)c(F)cc1C1CNCC1c1cccc(Cl)c1. The number of anilines is 1. The van der Waals surface area contributed by atoms with E-state index in [-0.39, 0.29) is 17.9 Å². The molecule has 2 unspecified atom stereocenters. The van der Waals surface area contributed by atoms with Crippen LogP contribution >= 0.6 is 11.6 Å². The molecule has 0 aromatic heterocycles. The third-order valence-corrected chi connectivity index (χ3v) is 6.11. The van der Waals surface area contributed by atoms with Crippen LogP contribution in [-0.2, 0) is 9.59 Å². The highest BCUT2D eigenvalue weighted by molar-refractivity contribution is 6.30. The zero-order valence-corrected chi connectivity index (χ0v) is 22.8. The number of carbonyl (C=O) groups excluding carboxylic acids is 2. The first-order valence-electron chi connectivity index (χ1n) is 12.3. The number of halogens is 3. The lowest BCUT2D eigenvalue weighted by atomic mass is 9.77. The van der Waals surface area contributed by atoms with Crippen LogP contribution in [0.25, 0.3) is 0 Å². The average molecular weight is 538 g/mol. The van der Waals surface area contributed by atoms with Gasteiger partial charge in [0, 0.05) is 47.7 Å². The smallest absolute Gasteiger partial charge is 0.211 e. The van der Waals surface area contributed by atoms with Crippen molar-refractivity contribution in [1.29, 1.82) is 0 Å². The molecular weight excluding hydrogens is 500 g/mol. The first-order valence-corrected chi connectivity index (χ1v) is 12.7. The Balaban J connectivity index is 0.000000283. The van der Waals surface area contributed by atoms with Crippen LogP contribution in [0.5, 0.6) is 0 Å². The van der Waals surface area contributed by atoms with Crippen LogP contribution in [0.15, 0.2) is 36.4 Å².